The van der Waals surface area contributed by atoms with E-state index in [1.807, 2.05) is 0 Å². The van der Waals surface area contributed by atoms with Gasteiger partial charge in [0.05, 0.1) is 30.6 Å². The summed E-state index contributed by atoms with van der Waals surface area (Å²) in [7, 11) is -3.74. The van der Waals surface area contributed by atoms with Crippen LogP contribution in [0.25, 0.3) is 0 Å². The molecule has 2 aromatic rings. The standard InChI is InChI=1S/C18H20N2O6S/c1-12-4-3-5-16(6-12)27(23,24)19-9-17(21)20-10-15(11-20)26-14-7-13(2)25-18(22)8-14/h3-8,15,19H,9-11H2,1-2H3. The molecule has 0 bridgehead atoms. The average molecular weight is 392 g/mol. The molecule has 1 aliphatic heterocycles. The minimum absolute atomic E-state index is 0.124. The molecule has 1 amide bonds. The molecule has 1 fully saturated rings. The lowest BCUT2D eigenvalue weighted by Gasteiger charge is -2.38. The molecule has 144 valence electrons. The third-order valence-electron chi connectivity index (χ3n) is 4.08. The number of ether oxygens (including phenoxy) is 1. The van der Waals surface area contributed by atoms with Crippen molar-refractivity contribution in [2.75, 3.05) is 19.6 Å². The van der Waals surface area contributed by atoms with Crippen molar-refractivity contribution in [2.45, 2.75) is 24.8 Å². The van der Waals surface area contributed by atoms with Gasteiger partial charge in [0.1, 0.15) is 17.6 Å². The summed E-state index contributed by atoms with van der Waals surface area (Å²) in [5.74, 6) is 0.492. The van der Waals surface area contributed by atoms with E-state index in [4.69, 9.17) is 9.15 Å². The third kappa shape index (κ3) is 4.75. The van der Waals surface area contributed by atoms with Crippen LogP contribution in [-0.2, 0) is 14.8 Å². The molecule has 3 rings (SSSR count). The highest BCUT2D eigenvalue weighted by molar-refractivity contribution is 7.89. The maximum atomic E-state index is 12.2. The Bertz CT molecular complexity index is 1010. The van der Waals surface area contributed by atoms with E-state index in [-0.39, 0.29) is 23.5 Å². The zero-order valence-electron chi connectivity index (χ0n) is 15.0. The van der Waals surface area contributed by atoms with Gasteiger partial charge in [0.15, 0.2) is 0 Å². The second kappa shape index (κ2) is 7.53. The number of nitrogens with zero attached hydrogens (tertiary/aromatic N) is 1. The summed E-state index contributed by atoms with van der Waals surface area (Å²) in [6.07, 6.45) is -0.247. The highest BCUT2D eigenvalue weighted by atomic mass is 32.2. The monoisotopic (exact) mass is 392 g/mol. The first-order valence-corrected chi connectivity index (χ1v) is 9.84. The van der Waals surface area contributed by atoms with Crippen LogP contribution in [0.2, 0.25) is 0 Å². The van der Waals surface area contributed by atoms with Gasteiger partial charge in [-0.1, -0.05) is 12.1 Å². The van der Waals surface area contributed by atoms with Gasteiger partial charge in [-0.25, -0.2) is 17.9 Å². The molecule has 1 aromatic heterocycles. The Kier molecular flexibility index (Phi) is 5.33. The van der Waals surface area contributed by atoms with Gasteiger partial charge in [-0.2, -0.15) is 0 Å². The summed E-state index contributed by atoms with van der Waals surface area (Å²) in [6.45, 7) is 3.76. The normalized spacial score (nSPS) is 14.7. The summed E-state index contributed by atoms with van der Waals surface area (Å²) in [5.41, 5.74) is 0.319. The number of sulfonamides is 1. The summed E-state index contributed by atoms with van der Waals surface area (Å²) in [5, 5.41) is 0. The van der Waals surface area contributed by atoms with Crippen LogP contribution in [0.1, 0.15) is 11.3 Å². The maximum absolute atomic E-state index is 12.2. The van der Waals surface area contributed by atoms with E-state index in [0.717, 1.165) is 5.56 Å². The summed E-state index contributed by atoms with van der Waals surface area (Å²) in [6, 6.07) is 9.30. The number of hydrogen-bond donors (Lipinski definition) is 1. The number of carbonyl (C=O) groups excluding carboxylic acids is 1. The van der Waals surface area contributed by atoms with E-state index in [0.29, 0.717) is 24.6 Å². The van der Waals surface area contributed by atoms with E-state index in [1.165, 1.54) is 17.0 Å². The van der Waals surface area contributed by atoms with Crippen molar-refractivity contribution < 1.29 is 22.4 Å². The van der Waals surface area contributed by atoms with Crippen LogP contribution in [-0.4, -0.2) is 45.0 Å². The van der Waals surface area contributed by atoms with Crippen molar-refractivity contribution in [3.8, 4) is 5.75 Å². The first-order chi connectivity index (χ1) is 12.7. The molecule has 0 atom stereocenters. The summed E-state index contributed by atoms with van der Waals surface area (Å²) >= 11 is 0. The second-order valence-corrected chi connectivity index (χ2v) is 8.17. The Hall–Kier alpha value is -2.65. The molecule has 0 unspecified atom stereocenters. The molecule has 0 radical (unpaired) electrons. The molecule has 0 aliphatic carbocycles. The molecular weight excluding hydrogens is 372 g/mol. The predicted octanol–water partition coefficient (Wildman–Crippen LogP) is 0.825. The lowest BCUT2D eigenvalue weighted by Crippen LogP contribution is -2.58. The van der Waals surface area contributed by atoms with Crippen LogP contribution < -0.4 is 15.1 Å². The van der Waals surface area contributed by atoms with Crippen LogP contribution in [0.3, 0.4) is 0 Å². The lowest BCUT2D eigenvalue weighted by molar-refractivity contribution is -0.138. The van der Waals surface area contributed by atoms with Crippen molar-refractivity contribution in [3.63, 3.8) is 0 Å². The zero-order valence-corrected chi connectivity index (χ0v) is 15.8. The van der Waals surface area contributed by atoms with Gasteiger partial charge in [-0.15, -0.1) is 0 Å². The number of hydrogen-bond acceptors (Lipinski definition) is 6. The number of nitrogens with one attached hydrogen (secondary N) is 1. The predicted molar refractivity (Wildman–Crippen MR) is 97.1 cm³/mol. The smallest absolute Gasteiger partial charge is 0.339 e. The molecule has 1 aromatic carbocycles. The minimum atomic E-state index is -3.74. The number of carbonyl (C=O) groups is 1. The first-order valence-electron chi connectivity index (χ1n) is 8.35. The Morgan fingerprint density at radius 1 is 1.26 bits per heavy atom. The fourth-order valence-corrected chi connectivity index (χ4v) is 3.77. The Morgan fingerprint density at radius 3 is 2.67 bits per heavy atom. The molecule has 0 spiro atoms. The highest BCUT2D eigenvalue weighted by Gasteiger charge is 2.32. The maximum Gasteiger partial charge on any atom is 0.339 e. The van der Waals surface area contributed by atoms with Crippen LogP contribution in [0.15, 0.2) is 50.5 Å². The molecule has 0 saturated carbocycles. The van der Waals surface area contributed by atoms with Gasteiger partial charge in [0, 0.05) is 6.07 Å². The Labute approximate surface area is 156 Å². The van der Waals surface area contributed by atoms with Crippen molar-refractivity contribution in [2.24, 2.45) is 0 Å². The molecule has 27 heavy (non-hydrogen) atoms. The average Bonchev–Trinajstić information content (AvgIpc) is 2.55. The fraction of sp³-hybridized carbons (Fsp3) is 0.333. The fourth-order valence-electron chi connectivity index (χ4n) is 2.69. The quantitative estimate of drug-likeness (QED) is 0.780. The number of likely N-dealkylation sites (tertiary alicyclic amines) is 1. The second-order valence-electron chi connectivity index (χ2n) is 6.40. The highest BCUT2D eigenvalue weighted by Crippen LogP contribution is 2.18. The van der Waals surface area contributed by atoms with Crippen molar-refractivity contribution in [1.82, 2.24) is 9.62 Å². The number of rotatable bonds is 6. The minimum Gasteiger partial charge on any atom is -0.486 e. The molecule has 1 N–H and O–H groups in total. The number of benzene rings is 1. The Morgan fingerprint density at radius 2 is 2.00 bits per heavy atom. The van der Waals surface area contributed by atoms with E-state index in [2.05, 4.69) is 4.72 Å². The largest absolute Gasteiger partial charge is 0.486 e. The summed E-state index contributed by atoms with van der Waals surface area (Å²) in [4.78, 5) is 25.1. The summed E-state index contributed by atoms with van der Waals surface area (Å²) < 4.78 is 37.3. The zero-order chi connectivity index (χ0) is 19.6. The third-order valence-corrected chi connectivity index (χ3v) is 5.48. The van der Waals surface area contributed by atoms with Gasteiger partial charge < -0.3 is 14.1 Å². The van der Waals surface area contributed by atoms with Gasteiger partial charge in [0.2, 0.25) is 15.9 Å². The van der Waals surface area contributed by atoms with Crippen LogP contribution in [0, 0.1) is 13.8 Å². The molecular formula is C18H20N2O6S. The number of aryl methyl sites for hydroxylation is 2. The van der Waals surface area contributed by atoms with Gasteiger partial charge >= 0.3 is 5.63 Å². The van der Waals surface area contributed by atoms with E-state index in [9.17, 15) is 18.0 Å². The van der Waals surface area contributed by atoms with Crippen LogP contribution in [0.5, 0.6) is 5.75 Å². The Balaban J connectivity index is 1.50. The van der Waals surface area contributed by atoms with Crippen molar-refractivity contribution in [1.29, 1.82) is 0 Å². The molecule has 2 heterocycles. The first kappa shape index (κ1) is 19.1. The molecule has 1 aliphatic rings. The van der Waals surface area contributed by atoms with Gasteiger partial charge in [0.25, 0.3) is 0 Å². The van der Waals surface area contributed by atoms with Crippen LogP contribution in [0.4, 0.5) is 0 Å². The van der Waals surface area contributed by atoms with Crippen LogP contribution >= 0.6 is 0 Å². The number of amides is 1. The van der Waals surface area contributed by atoms with Crippen molar-refractivity contribution >= 4 is 15.9 Å². The van der Waals surface area contributed by atoms with E-state index in [1.54, 1.807) is 38.1 Å². The van der Waals surface area contributed by atoms with Gasteiger partial charge in [-0.3, -0.25) is 4.79 Å². The van der Waals surface area contributed by atoms with Gasteiger partial charge in [-0.05, 0) is 31.5 Å². The van der Waals surface area contributed by atoms with Crippen molar-refractivity contribution in [3.05, 3.63) is 58.1 Å². The molecule has 8 nitrogen and oxygen atoms in total. The molecule has 9 heteroatoms. The van der Waals surface area contributed by atoms with E-state index >= 15 is 0 Å². The topological polar surface area (TPSA) is 106 Å². The lowest BCUT2D eigenvalue weighted by atomic mass is 10.1. The SMILES string of the molecule is Cc1cccc(S(=O)(=O)NCC(=O)N2CC(Oc3cc(C)oc(=O)c3)C2)c1. The molecule has 1 saturated heterocycles. The van der Waals surface area contributed by atoms with E-state index < -0.39 is 15.6 Å².